The third-order valence-corrected chi connectivity index (χ3v) is 7.23. The Labute approximate surface area is 196 Å². The minimum Gasteiger partial charge on any atom is -0.381 e. The van der Waals surface area contributed by atoms with E-state index in [9.17, 15) is 5.26 Å². The highest BCUT2D eigenvalue weighted by Crippen LogP contribution is 2.40. The summed E-state index contributed by atoms with van der Waals surface area (Å²) in [6, 6.07) is 6.63. The van der Waals surface area contributed by atoms with E-state index >= 15 is 0 Å². The van der Waals surface area contributed by atoms with E-state index in [-0.39, 0.29) is 29.9 Å². The molecule has 1 N–H and O–H groups in total. The highest BCUT2D eigenvalue weighted by Gasteiger charge is 2.39. The quantitative estimate of drug-likeness (QED) is 0.644. The van der Waals surface area contributed by atoms with Crippen LogP contribution in [0.15, 0.2) is 18.3 Å². The van der Waals surface area contributed by atoms with Gasteiger partial charge in [0.05, 0.1) is 52.8 Å². The van der Waals surface area contributed by atoms with Gasteiger partial charge >= 0.3 is 0 Å². The first-order valence-electron chi connectivity index (χ1n) is 13.0. The SMILES string of the molecule is [2H]C([2H])([2H])O[C@@H]1CCN(c2cc(N3C4CCC3COC4)nc3c2c(C#N)nn3-c2ccn[nH]2)[C@H](C)C1. The van der Waals surface area contributed by atoms with Crippen molar-refractivity contribution in [1.82, 2.24) is 25.0 Å². The molecule has 2 bridgehead atoms. The number of anilines is 2. The number of rotatable bonds is 4. The number of morpholine rings is 1. The van der Waals surface area contributed by atoms with Crippen molar-refractivity contribution in [3.63, 3.8) is 0 Å². The van der Waals surface area contributed by atoms with Gasteiger partial charge in [-0.25, -0.2) is 4.98 Å². The van der Waals surface area contributed by atoms with E-state index in [1.807, 2.05) is 0 Å². The van der Waals surface area contributed by atoms with Crippen LogP contribution in [-0.2, 0) is 9.47 Å². The summed E-state index contributed by atoms with van der Waals surface area (Å²) in [6.07, 6.45) is 4.53. The van der Waals surface area contributed by atoms with Crippen molar-refractivity contribution in [3.05, 3.63) is 24.0 Å². The van der Waals surface area contributed by atoms with E-state index in [2.05, 4.69) is 44.2 Å². The van der Waals surface area contributed by atoms with E-state index in [4.69, 9.17) is 18.6 Å². The molecule has 0 radical (unpaired) electrons. The number of methoxy groups -OCH3 is 1. The molecule has 0 aliphatic carbocycles. The molecular formula is C23H28N8O2. The average molecular weight is 452 g/mol. The molecule has 3 saturated heterocycles. The van der Waals surface area contributed by atoms with Crippen molar-refractivity contribution in [2.75, 3.05) is 36.6 Å². The summed E-state index contributed by atoms with van der Waals surface area (Å²) in [6.45, 7) is 3.99. The maximum absolute atomic E-state index is 10.0. The van der Waals surface area contributed by atoms with Crippen molar-refractivity contribution >= 4 is 22.5 Å². The van der Waals surface area contributed by atoms with Crippen LogP contribution in [0.4, 0.5) is 11.5 Å². The topological polar surface area (TPSA) is 108 Å². The first-order chi connectivity index (χ1) is 17.3. The number of aromatic amines is 1. The van der Waals surface area contributed by atoms with Crippen molar-refractivity contribution < 1.29 is 13.6 Å². The molecule has 0 saturated carbocycles. The second-order valence-electron chi connectivity index (χ2n) is 9.15. The predicted octanol–water partition coefficient (Wildman–Crippen LogP) is 2.39. The van der Waals surface area contributed by atoms with Crippen LogP contribution in [0.25, 0.3) is 16.9 Å². The van der Waals surface area contributed by atoms with E-state index in [0.717, 1.165) is 24.3 Å². The fourth-order valence-electron chi connectivity index (χ4n) is 5.65. The third-order valence-electron chi connectivity index (χ3n) is 7.23. The number of pyridine rings is 1. The fraction of sp³-hybridized carbons (Fsp3) is 0.565. The van der Waals surface area contributed by atoms with Gasteiger partial charge in [-0.2, -0.15) is 20.1 Å². The molecule has 3 aliphatic heterocycles. The zero-order chi connectivity index (χ0) is 25.0. The molecule has 2 unspecified atom stereocenters. The second-order valence-corrected chi connectivity index (χ2v) is 9.15. The smallest absolute Gasteiger partial charge is 0.174 e. The molecule has 172 valence electrons. The summed E-state index contributed by atoms with van der Waals surface area (Å²) in [5.74, 6) is 1.46. The molecule has 3 aromatic heterocycles. The number of ether oxygens (including phenoxy) is 2. The number of nitrogens with zero attached hydrogens (tertiary/aromatic N) is 7. The van der Waals surface area contributed by atoms with E-state index in [1.165, 1.54) is 0 Å². The lowest BCUT2D eigenvalue weighted by molar-refractivity contribution is 0.0721. The number of nitrogens with one attached hydrogen (secondary N) is 1. The van der Waals surface area contributed by atoms with Gasteiger partial charge in [-0.05, 0) is 32.6 Å². The van der Waals surface area contributed by atoms with Crippen molar-refractivity contribution in [2.24, 2.45) is 0 Å². The van der Waals surface area contributed by atoms with E-state index in [1.54, 1.807) is 16.9 Å². The Bertz CT molecular complexity index is 1290. The Morgan fingerprint density at radius 1 is 1.30 bits per heavy atom. The molecule has 0 aromatic carbocycles. The van der Waals surface area contributed by atoms with Gasteiger partial charge in [-0.3, -0.25) is 5.10 Å². The number of fused-ring (bicyclic) bond motifs is 3. The summed E-state index contributed by atoms with van der Waals surface area (Å²) in [4.78, 5) is 9.64. The molecule has 0 spiro atoms. The van der Waals surface area contributed by atoms with Crippen LogP contribution in [0.1, 0.15) is 42.4 Å². The van der Waals surface area contributed by atoms with E-state index in [0.29, 0.717) is 49.5 Å². The molecule has 10 nitrogen and oxygen atoms in total. The summed E-state index contributed by atoms with van der Waals surface area (Å²) < 4.78 is 35.2. The van der Waals surface area contributed by atoms with Gasteiger partial charge in [-0.1, -0.05) is 0 Å². The Morgan fingerprint density at radius 2 is 2.15 bits per heavy atom. The fourth-order valence-corrected chi connectivity index (χ4v) is 5.65. The number of aromatic nitrogens is 5. The molecule has 0 amide bonds. The maximum Gasteiger partial charge on any atom is 0.174 e. The van der Waals surface area contributed by atoms with Crippen molar-refractivity contribution in [3.8, 4) is 11.9 Å². The minimum absolute atomic E-state index is 0.00647. The Morgan fingerprint density at radius 3 is 2.85 bits per heavy atom. The van der Waals surface area contributed by atoms with Gasteiger partial charge in [0.15, 0.2) is 17.2 Å². The van der Waals surface area contributed by atoms with Crippen LogP contribution in [0.3, 0.4) is 0 Å². The van der Waals surface area contributed by atoms with Gasteiger partial charge in [0.2, 0.25) is 0 Å². The summed E-state index contributed by atoms with van der Waals surface area (Å²) >= 11 is 0. The lowest BCUT2D eigenvalue weighted by Gasteiger charge is -2.40. The summed E-state index contributed by atoms with van der Waals surface area (Å²) in [5.41, 5.74) is 1.75. The van der Waals surface area contributed by atoms with Crippen LogP contribution < -0.4 is 9.80 Å². The largest absolute Gasteiger partial charge is 0.381 e. The number of H-pyrrole nitrogens is 1. The Kier molecular flexibility index (Phi) is 4.21. The zero-order valence-corrected chi connectivity index (χ0v) is 18.4. The second kappa shape index (κ2) is 8.01. The van der Waals surface area contributed by atoms with Crippen molar-refractivity contribution in [1.29, 1.82) is 5.26 Å². The summed E-state index contributed by atoms with van der Waals surface area (Å²) in [5, 5.41) is 22.3. The zero-order valence-electron chi connectivity index (χ0n) is 21.4. The third kappa shape index (κ3) is 3.26. The molecule has 3 aromatic rings. The summed E-state index contributed by atoms with van der Waals surface area (Å²) in [7, 11) is -2.42. The Balaban J connectivity index is 1.48. The number of hydrogen-bond acceptors (Lipinski definition) is 8. The standard InChI is InChI=1S/C23H28N8O2/c1-14-9-17(32-2)6-8-29(14)19-10-21(30-15-3-4-16(30)13-33-12-15)26-23-22(19)18(11-24)28-31(23)20-5-7-25-27-20/h5,7,10,14-17H,3-4,6,8-9,12-13H2,1-2H3,(H,25,27)/t14-,15?,16?,17-/m1/s1/i2D3. The Hall–Kier alpha value is -3.16. The highest BCUT2D eigenvalue weighted by molar-refractivity contribution is 5.96. The number of piperidine rings is 1. The molecular weight excluding hydrogens is 420 g/mol. The first-order valence-corrected chi connectivity index (χ1v) is 11.5. The molecule has 3 aliphatic rings. The van der Waals surface area contributed by atoms with Crippen LogP contribution in [-0.4, -0.2) is 76.0 Å². The van der Waals surface area contributed by atoms with Crippen LogP contribution in [0.5, 0.6) is 0 Å². The van der Waals surface area contributed by atoms with Gasteiger partial charge in [-0.15, -0.1) is 0 Å². The van der Waals surface area contributed by atoms with Gasteiger partial charge < -0.3 is 19.3 Å². The normalized spacial score (nSPS) is 29.0. The van der Waals surface area contributed by atoms with Crippen LogP contribution in [0.2, 0.25) is 0 Å². The number of hydrogen-bond donors (Lipinski definition) is 1. The minimum atomic E-state index is -2.42. The molecule has 4 atom stereocenters. The van der Waals surface area contributed by atoms with Gasteiger partial charge in [0.1, 0.15) is 11.9 Å². The van der Waals surface area contributed by atoms with Crippen molar-refractivity contribution in [2.45, 2.75) is 56.8 Å². The number of nitriles is 1. The van der Waals surface area contributed by atoms with Gasteiger partial charge in [0.25, 0.3) is 0 Å². The molecule has 6 rings (SSSR count). The molecule has 33 heavy (non-hydrogen) atoms. The van der Waals surface area contributed by atoms with Crippen LogP contribution in [0, 0.1) is 11.3 Å². The molecule has 3 fully saturated rings. The van der Waals surface area contributed by atoms with Crippen LogP contribution >= 0.6 is 0 Å². The average Bonchev–Trinajstić information content (AvgIpc) is 3.54. The maximum atomic E-state index is 10.0. The molecule has 10 heteroatoms. The lowest BCUT2D eigenvalue weighted by atomic mass is 9.99. The van der Waals surface area contributed by atoms with E-state index < -0.39 is 7.04 Å². The molecule has 6 heterocycles. The highest BCUT2D eigenvalue weighted by atomic mass is 16.5. The predicted molar refractivity (Wildman–Crippen MR) is 123 cm³/mol. The first kappa shape index (κ1) is 17.3. The monoisotopic (exact) mass is 451 g/mol. The van der Waals surface area contributed by atoms with Gasteiger partial charge in [0, 0.05) is 31.8 Å². The lowest BCUT2D eigenvalue weighted by Crippen LogP contribution is -2.47.